The molecule has 1 atom stereocenters. The number of benzene rings is 1. The average molecular weight is 313 g/mol. The van der Waals surface area contributed by atoms with E-state index in [2.05, 4.69) is 26.8 Å². The molecule has 0 saturated carbocycles. The minimum absolute atomic E-state index is 0.0345. The maximum atomic E-state index is 10.9. The van der Waals surface area contributed by atoms with Crippen LogP contribution < -0.4 is 9.88 Å². The van der Waals surface area contributed by atoms with Gasteiger partial charge in [0.1, 0.15) is 5.75 Å². The molecule has 0 amide bonds. The van der Waals surface area contributed by atoms with Crippen molar-refractivity contribution in [2.75, 3.05) is 12.4 Å². The van der Waals surface area contributed by atoms with Gasteiger partial charge >= 0.3 is 0 Å². The molecule has 120 valence electrons. The van der Waals surface area contributed by atoms with Crippen LogP contribution in [0.3, 0.4) is 0 Å². The molecule has 21 heavy (non-hydrogen) atoms. The van der Waals surface area contributed by atoms with Crippen LogP contribution in [0, 0.1) is 5.92 Å². The van der Waals surface area contributed by atoms with Crippen molar-refractivity contribution >= 4 is 10.0 Å². The summed E-state index contributed by atoms with van der Waals surface area (Å²) in [6, 6.07) is 8.05. The van der Waals surface area contributed by atoms with Crippen LogP contribution in [0.15, 0.2) is 24.3 Å². The van der Waals surface area contributed by atoms with Gasteiger partial charge in [-0.05, 0) is 35.8 Å². The van der Waals surface area contributed by atoms with E-state index in [0.717, 1.165) is 12.2 Å². The van der Waals surface area contributed by atoms with Crippen molar-refractivity contribution in [3.8, 4) is 5.75 Å². The smallest absolute Gasteiger partial charge is 0.209 e. The minimum Gasteiger partial charge on any atom is -0.493 e. The van der Waals surface area contributed by atoms with Gasteiger partial charge in [-0.1, -0.05) is 45.9 Å². The molecule has 1 aromatic rings. The Labute approximate surface area is 128 Å². The first kappa shape index (κ1) is 18.0. The van der Waals surface area contributed by atoms with Crippen molar-refractivity contribution in [2.24, 2.45) is 11.1 Å². The Kier molecular flexibility index (Phi) is 6.23. The molecule has 0 aliphatic carbocycles. The zero-order valence-electron chi connectivity index (χ0n) is 13.4. The summed E-state index contributed by atoms with van der Waals surface area (Å²) in [5.74, 6) is 1.21. The predicted molar refractivity (Wildman–Crippen MR) is 87.0 cm³/mol. The molecule has 0 spiro atoms. The molecule has 1 rings (SSSR count). The van der Waals surface area contributed by atoms with Crippen LogP contribution in [0.5, 0.6) is 5.75 Å². The lowest BCUT2D eigenvalue weighted by molar-refractivity contribution is 0.275. The van der Waals surface area contributed by atoms with Crippen LogP contribution in [0.2, 0.25) is 0 Å². The van der Waals surface area contributed by atoms with E-state index in [1.165, 1.54) is 5.56 Å². The Balaban J connectivity index is 2.50. The molecule has 1 unspecified atom stereocenters. The van der Waals surface area contributed by atoms with Crippen LogP contribution in [0.25, 0.3) is 0 Å². The summed E-state index contributed by atoms with van der Waals surface area (Å²) in [5.41, 5.74) is 1.22. The normalized spacial score (nSPS) is 14.0. The zero-order valence-corrected chi connectivity index (χ0v) is 14.2. The van der Waals surface area contributed by atoms with Gasteiger partial charge in [-0.2, -0.15) is 0 Å². The molecule has 0 saturated heterocycles. The second-order valence-corrected chi connectivity index (χ2v) is 8.38. The summed E-state index contributed by atoms with van der Waals surface area (Å²) >= 11 is 0. The summed E-state index contributed by atoms with van der Waals surface area (Å²) in [7, 11) is -3.36. The van der Waals surface area contributed by atoms with Gasteiger partial charge in [-0.25, -0.2) is 13.6 Å². The van der Waals surface area contributed by atoms with Gasteiger partial charge in [0.05, 0.1) is 12.4 Å². The molecule has 5 heteroatoms. The lowest BCUT2D eigenvalue weighted by Crippen LogP contribution is -2.19. The monoisotopic (exact) mass is 313 g/mol. The van der Waals surface area contributed by atoms with Crippen LogP contribution in [0.1, 0.15) is 46.1 Å². The number of nitrogens with two attached hydrogens (primary N) is 1. The number of hydrogen-bond donors (Lipinski definition) is 1. The Hall–Kier alpha value is -1.07. The fourth-order valence-corrected chi connectivity index (χ4v) is 2.82. The van der Waals surface area contributed by atoms with E-state index < -0.39 is 10.0 Å². The topological polar surface area (TPSA) is 69.4 Å². The summed E-state index contributed by atoms with van der Waals surface area (Å²) < 4.78 is 27.8. The lowest BCUT2D eigenvalue weighted by Gasteiger charge is -2.23. The van der Waals surface area contributed by atoms with E-state index in [9.17, 15) is 8.42 Å². The molecule has 4 nitrogen and oxygen atoms in total. The number of para-hydroxylation sites is 1. The molecule has 0 aliphatic heterocycles. The van der Waals surface area contributed by atoms with Gasteiger partial charge in [0.25, 0.3) is 0 Å². The van der Waals surface area contributed by atoms with Gasteiger partial charge in [0.2, 0.25) is 10.0 Å². The molecule has 0 radical (unpaired) electrons. The molecule has 1 aromatic carbocycles. The van der Waals surface area contributed by atoms with E-state index in [-0.39, 0.29) is 17.1 Å². The molecule has 2 N–H and O–H groups in total. The second-order valence-electron chi connectivity index (χ2n) is 6.64. The molecular weight excluding hydrogens is 286 g/mol. The highest BCUT2D eigenvalue weighted by molar-refractivity contribution is 7.89. The quantitative estimate of drug-likeness (QED) is 0.841. The molecule has 0 aliphatic rings. The Morgan fingerprint density at radius 1 is 1.19 bits per heavy atom. The summed E-state index contributed by atoms with van der Waals surface area (Å²) in [6.45, 7) is 9.07. The maximum Gasteiger partial charge on any atom is 0.209 e. The van der Waals surface area contributed by atoms with Gasteiger partial charge in [-0.3, -0.25) is 0 Å². The van der Waals surface area contributed by atoms with Crippen molar-refractivity contribution in [1.82, 2.24) is 0 Å². The van der Waals surface area contributed by atoms with E-state index >= 15 is 0 Å². The standard InChI is InChI=1S/C16H27NO3S/c1-13(10-12-21(17,18)19)9-11-20-15-8-6-5-7-14(15)16(2,3)4/h5-8,13H,9-12H2,1-4H3,(H2,17,18,19). The molecular formula is C16H27NO3S. The largest absolute Gasteiger partial charge is 0.493 e. The van der Waals surface area contributed by atoms with Gasteiger partial charge in [-0.15, -0.1) is 0 Å². The van der Waals surface area contributed by atoms with Crippen molar-refractivity contribution < 1.29 is 13.2 Å². The number of sulfonamides is 1. The Bertz CT molecular complexity index is 547. The highest BCUT2D eigenvalue weighted by atomic mass is 32.2. The van der Waals surface area contributed by atoms with Crippen LogP contribution in [-0.2, 0) is 15.4 Å². The van der Waals surface area contributed by atoms with Gasteiger partial charge in [0.15, 0.2) is 0 Å². The van der Waals surface area contributed by atoms with Crippen molar-refractivity contribution in [3.63, 3.8) is 0 Å². The van der Waals surface area contributed by atoms with Crippen molar-refractivity contribution in [2.45, 2.75) is 46.0 Å². The van der Waals surface area contributed by atoms with Gasteiger partial charge in [0, 0.05) is 0 Å². The maximum absolute atomic E-state index is 10.9. The first-order valence-electron chi connectivity index (χ1n) is 7.32. The highest BCUT2D eigenvalue weighted by Crippen LogP contribution is 2.31. The van der Waals surface area contributed by atoms with E-state index in [4.69, 9.17) is 9.88 Å². The van der Waals surface area contributed by atoms with E-state index in [1.54, 1.807) is 0 Å². The Morgan fingerprint density at radius 3 is 2.38 bits per heavy atom. The molecule has 0 heterocycles. The second kappa shape index (κ2) is 7.27. The number of rotatable bonds is 7. The van der Waals surface area contributed by atoms with Crippen LogP contribution >= 0.6 is 0 Å². The first-order chi connectivity index (χ1) is 9.59. The molecule has 0 bridgehead atoms. The fourth-order valence-electron chi connectivity index (χ4n) is 2.09. The minimum atomic E-state index is -3.36. The third kappa shape index (κ3) is 6.96. The highest BCUT2D eigenvalue weighted by Gasteiger charge is 2.18. The van der Waals surface area contributed by atoms with E-state index in [0.29, 0.717) is 13.0 Å². The third-order valence-electron chi connectivity index (χ3n) is 3.46. The number of hydrogen-bond acceptors (Lipinski definition) is 3. The number of primary sulfonamides is 1. The molecule has 0 aromatic heterocycles. The SMILES string of the molecule is CC(CCOc1ccccc1C(C)(C)C)CCS(N)(=O)=O. The van der Waals surface area contributed by atoms with Crippen molar-refractivity contribution in [1.29, 1.82) is 0 Å². The third-order valence-corrected chi connectivity index (χ3v) is 4.26. The average Bonchev–Trinajstić information content (AvgIpc) is 2.35. The Morgan fingerprint density at radius 2 is 1.81 bits per heavy atom. The lowest BCUT2D eigenvalue weighted by atomic mass is 9.86. The first-order valence-corrected chi connectivity index (χ1v) is 9.04. The molecule has 0 fully saturated rings. The fraction of sp³-hybridized carbons (Fsp3) is 0.625. The van der Waals surface area contributed by atoms with Crippen LogP contribution in [0.4, 0.5) is 0 Å². The van der Waals surface area contributed by atoms with Gasteiger partial charge < -0.3 is 4.74 Å². The van der Waals surface area contributed by atoms with E-state index in [1.807, 2.05) is 25.1 Å². The number of ether oxygens (including phenoxy) is 1. The predicted octanol–water partition coefficient (Wildman–Crippen LogP) is 3.07. The zero-order chi connectivity index (χ0) is 16.1. The van der Waals surface area contributed by atoms with Crippen LogP contribution in [-0.4, -0.2) is 20.8 Å². The summed E-state index contributed by atoms with van der Waals surface area (Å²) in [5, 5.41) is 5.01. The van der Waals surface area contributed by atoms with Crippen molar-refractivity contribution in [3.05, 3.63) is 29.8 Å². The summed E-state index contributed by atoms with van der Waals surface area (Å²) in [4.78, 5) is 0. The summed E-state index contributed by atoms with van der Waals surface area (Å²) in [6.07, 6.45) is 1.39.